The number of imidazole rings is 1. The Morgan fingerprint density at radius 3 is 2.71 bits per heavy atom. The zero-order valence-electron chi connectivity index (χ0n) is 15.7. The molecule has 3 aliphatic rings. The fourth-order valence-electron chi connectivity index (χ4n) is 4.44. The lowest BCUT2D eigenvalue weighted by Crippen LogP contribution is -2.71. The molecule has 3 N–H and O–H groups in total. The predicted molar refractivity (Wildman–Crippen MR) is 104 cm³/mol. The third-order valence-electron chi connectivity index (χ3n) is 5.73. The van der Waals surface area contributed by atoms with Crippen LogP contribution in [0.5, 0.6) is 0 Å². The lowest BCUT2D eigenvalue weighted by Gasteiger charge is -2.66. The molecule has 0 radical (unpaired) electrons. The monoisotopic (exact) mass is 374 g/mol. The number of aliphatic hydroxyl groups excluding tert-OH is 1. The number of hydrogen-bond donors (Lipinski definition) is 2. The average Bonchev–Trinajstić information content (AvgIpc) is 3.27. The quantitative estimate of drug-likeness (QED) is 0.686. The van der Waals surface area contributed by atoms with Gasteiger partial charge in [-0.2, -0.15) is 0 Å². The summed E-state index contributed by atoms with van der Waals surface area (Å²) in [7, 11) is 0. The zero-order valence-corrected chi connectivity index (χ0v) is 15.7. The van der Waals surface area contributed by atoms with Gasteiger partial charge in [0.15, 0.2) is 5.76 Å². The highest BCUT2D eigenvalue weighted by Crippen LogP contribution is 2.65. The molecule has 2 aromatic heterocycles. The molecule has 1 atom stereocenters. The lowest BCUT2D eigenvalue weighted by molar-refractivity contribution is -0.0807. The summed E-state index contributed by atoms with van der Waals surface area (Å²) >= 11 is 0. The zero-order chi connectivity index (χ0) is 19.4. The molecule has 2 heterocycles. The van der Waals surface area contributed by atoms with Gasteiger partial charge in [-0.05, 0) is 38.3 Å². The topological polar surface area (TPSA) is 90.1 Å². The highest BCUT2D eigenvalue weighted by molar-refractivity contribution is 5.60. The smallest absolute Gasteiger partial charge is 0.157 e. The number of benzene rings is 1. The first-order valence-corrected chi connectivity index (χ1v) is 9.51. The molecule has 3 aromatic rings. The molecule has 28 heavy (non-hydrogen) atoms. The molecule has 1 unspecified atom stereocenters. The Balaban J connectivity index is 1.28. The van der Waals surface area contributed by atoms with Crippen LogP contribution in [0.3, 0.4) is 0 Å². The summed E-state index contributed by atoms with van der Waals surface area (Å²) in [6.45, 7) is 2.17. The molecule has 3 aliphatic carbocycles. The van der Waals surface area contributed by atoms with Crippen LogP contribution in [0.1, 0.15) is 49.4 Å². The molecule has 0 spiro atoms. The summed E-state index contributed by atoms with van der Waals surface area (Å²) in [6, 6.07) is 9.96. The van der Waals surface area contributed by atoms with Crippen LogP contribution < -0.4 is 5.73 Å². The highest BCUT2D eigenvalue weighted by Gasteiger charge is 2.65. The van der Waals surface area contributed by atoms with E-state index in [2.05, 4.69) is 22.0 Å². The van der Waals surface area contributed by atoms with Crippen molar-refractivity contribution in [1.29, 1.82) is 0 Å². The Bertz CT molecular complexity index is 1060. The number of nitrogens with zero attached hydrogens (tertiary/aromatic N) is 3. The molecule has 3 saturated carbocycles. The van der Waals surface area contributed by atoms with E-state index in [1.807, 2.05) is 41.1 Å². The third kappa shape index (κ3) is 2.93. The molecule has 1 aromatic carbocycles. The minimum atomic E-state index is -0.633. The first kappa shape index (κ1) is 17.2. The van der Waals surface area contributed by atoms with E-state index in [0.29, 0.717) is 18.1 Å². The molecule has 0 aliphatic heterocycles. The normalized spacial score (nSPS) is 26.0. The van der Waals surface area contributed by atoms with Gasteiger partial charge < -0.3 is 19.9 Å². The van der Waals surface area contributed by atoms with E-state index in [4.69, 9.17) is 10.3 Å². The van der Waals surface area contributed by atoms with Gasteiger partial charge >= 0.3 is 0 Å². The maximum absolute atomic E-state index is 9.76. The summed E-state index contributed by atoms with van der Waals surface area (Å²) in [6.07, 6.45) is 5.98. The average molecular weight is 374 g/mol. The largest absolute Gasteiger partial charge is 0.385 e. The van der Waals surface area contributed by atoms with Crippen molar-refractivity contribution >= 4 is 0 Å². The molecular formula is C22H22N4O2. The summed E-state index contributed by atoms with van der Waals surface area (Å²) < 4.78 is 7.32. The van der Waals surface area contributed by atoms with Gasteiger partial charge in [-0.15, -0.1) is 0 Å². The number of hydrogen-bond acceptors (Lipinski definition) is 5. The molecule has 0 amide bonds. The maximum atomic E-state index is 9.76. The summed E-state index contributed by atoms with van der Waals surface area (Å²) in [5.41, 5.74) is 9.13. The summed E-state index contributed by atoms with van der Waals surface area (Å²) in [4.78, 5) is 4.17. The van der Waals surface area contributed by atoms with Crippen LogP contribution in [0, 0.1) is 17.3 Å². The Morgan fingerprint density at radius 2 is 2.04 bits per heavy atom. The fourth-order valence-corrected chi connectivity index (χ4v) is 4.44. The standard InChI is InChI=1S/C22H22N4O2/c1-15(27)20-24-8-9-26(20)11-18-10-19(25-28-18)17-4-2-16(3-5-17)6-7-21-12-22(23,13-21)14-21/h2-5,8-10,15,27H,11-14,23H2,1H3. The SMILES string of the molecule is CC(O)c1nccn1Cc1cc(-c2ccc(C#CC34CC(N)(C3)C4)cc2)no1. The molecule has 6 rings (SSSR count). The molecule has 3 fully saturated rings. The Labute approximate surface area is 163 Å². The Morgan fingerprint density at radius 1 is 1.29 bits per heavy atom. The van der Waals surface area contributed by atoms with Gasteiger partial charge in [-0.3, -0.25) is 0 Å². The van der Waals surface area contributed by atoms with Crippen LogP contribution in [-0.4, -0.2) is 25.4 Å². The molecule has 6 heteroatoms. The summed E-state index contributed by atoms with van der Waals surface area (Å²) in [5.74, 6) is 8.01. The number of aromatic nitrogens is 3. The Kier molecular flexibility index (Phi) is 3.73. The van der Waals surface area contributed by atoms with Crippen LogP contribution in [0.15, 0.2) is 47.2 Å². The van der Waals surface area contributed by atoms with Crippen LogP contribution in [0.25, 0.3) is 11.3 Å². The van der Waals surface area contributed by atoms with Crippen LogP contribution >= 0.6 is 0 Å². The van der Waals surface area contributed by atoms with E-state index < -0.39 is 6.10 Å². The van der Waals surface area contributed by atoms with Crippen molar-refractivity contribution in [2.24, 2.45) is 11.1 Å². The van der Waals surface area contributed by atoms with Crippen molar-refractivity contribution in [2.45, 2.75) is 44.4 Å². The van der Waals surface area contributed by atoms with E-state index in [0.717, 1.165) is 36.1 Å². The van der Waals surface area contributed by atoms with E-state index in [1.165, 1.54) is 0 Å². The van der Waals surface area contributed by atoms with Crippen molar-refractivity contribution in [2.75, 3.05) is 0 Å². The van der Waals surface area contributed by atoms with Crippen LogP contribution in [0.4, 0.5) is 0 Å². The molecule has 142 valence electrons. The number of aliphatic hydroxyl groups is 1. The van der Waals surface area contributed by atoms with Crippen molar-refractivity contribution < 1.29 is 9.63 Å². The van der Waals surface area contributed by atoms with Gasteiger partial charge in [0.25, 0.3) is 0 Å². The van der Waals surface area contributed by atoms with Crippen molar-refractivity contribution in [3.05, 3.63) is 59.9 Å². The predicted octanol–water partition coefficient (Wildman–Crippen LogP) is 2.87. The number of nitrogens with two attached hydrogens (primary N) is 1. The molecule has 0 saturated heterocycles. The number of rotatable bonds is 4. The van der Waals surface area contributed by atoms with Crippen LogP contribution in [-0.2, 0) is 6.54 Å². The van der Waals surface area contributed by atoms with E-state index in [-0.39, 0.29) is 11.0 Å². The second-order valence-electron chi connectivity index (χ2n) is 8.27. The third-order valence-corrected chi connectivity index (χ3v) is 5.73. The molecule has 6 nitrogen and oxygen atoms in total. The van der Waals surface area contributed by atoms with Gasteiger partial charge in [-0.25, -0.2) is 4.98 Å². The molecular weight excluding hydrogens is 352 g/mol. The van der Waals surface area contributed by atoms with Crippen molar-refractivity contribution in [3.63, 3.8) is 0 Å². The lowest BCUT2D eigenvalue weighted by atomic mass is 9.40. The second-order valence-corrected chi connectivity index (χ2v) is 8.27. The maximum Gasteiger partial charge on any atom is 0.157 e. The summed E-state index contributed by atoms with van der Waals surface area (Å²) in [5, 5.41) is 13.9. The molecule has 2 bridgehead atoms. The van der Waals surface area contributed by atoms with Crippen LogP contribution in [0.2, 0.25) is 0 Å². The first-order valence-electron chi connectivity index (χ1n) is 9.51. The van der Waals surface area contributed by atoms with E-state index in [1.54, 1.807) is 13.1 Å². The van der Waals surface area contributed by atoms with Crippen molar-refractivity contribution in [1.82, 2.24) is 14.7 Å². The fraction of sp³-hybridized carbons (Fsp3) is 0.364. The van der Waals surface area contributed by atoms with Gasteiger partial charge in [0.05, 0.1) is 6.54 Å². The van der Waals surface area contributed by atoms with Gasteiger partial charge in [0, 0.05) is 40.5 Å². The van der Waals surface area contributed by atoms with Gasteiger partial charge in [0.2, 0.25) is 0 Å². The highest BCUT2D eigenvalue weighted by atomic mass is 16.5. The minimum absolute atomic E-state index is 0.0931. The van der Waals surface area contributed by atoms with Gasteiger partial charge in [0.1, 0.15) is 17.6 Å². The first-order chi connectivity index (χ1) is 13.4. The van der Waals surface area contributed by atoms with E-state index >= 15 is 0 Å². The van der Waals surface area contributed by atoms with Crippen molar-refractivity contribution in [3.8, 4) is 23.1 Å². The Hall–Kier alpha value is -2.88. The second kappa shape index (κ2) is 6.06. The van der Waals surface area contributed by atoms with E-state index in [9.17, 15) is 5.11 Å². The van der Waals surface area contributed by atoms with Gasteiger partial charge in [-0.1, -0.05) is 29.1 Å². The minimum Gasteiger partial charge on any atom is -0.385 e.